The number of nitrogens with one attached hydrogen (secondary N) is 1. The zero-order chi connectivity index (χ0) is 17.8. The van der Waals surface area contributed by atoms with E-state index in [0.29, 0.717) is 31.4 Å². The monoisotopic (exact) mass is 345 g/mol. The molecule has 3 rings (SSSR count). The van der Waals surface area contributed by atoms with Crippen LogP contribution < -0.4 is 10.1 Å². The molecule has 2 fully saturated rings. The lowest BCUT2D eigenvalue weighted by Crippen LogP contribution is -2.53. The van der Waals surface area contributed by atoms with E-state index < -0.39 is 6.10 Å². The molecule has 1 N–H and O–H groups in total. The molecular formula is C19H27N3O3. The molecule has 0 bridgehead atoms. The maximum atomic E-state index is 12.6. The van der Waals surface area contributed by atoms with Crippen molar-refractivity contribution in [2.45, 2.75) is 38.8 Å². The summed E-state index contributed by atoms with van der Waals surface area (Å²) in [6.07, 6.45) is 1.70. The van der Waals surface area contributed by atoms with Crippen LogP contribution in [0.4, 0.5) is 0 Å². The van der Waals surface area contributed by atoms with Crippen LogP contribution >= 0.6 is 0 Å². The van der Waals surface area contributed by atoms with Crippen LogP contribution in [0.15, 0.2) is 24.3 Å². The van der Waals surface area contributed by atoms with E-state index in [-0.39, 0.29) is 11.8 Å². The summed E-state index contributed by atoms with van der Waals surface area (Å²) in [6.45, 7) is 6.95. The van der Waals surface area contributed by atoms with Crippen molar-refractivity contribution in [1.29, 1.82) is 0 Å². The third kappa shape index (κ3) is 5.19. The summed E-state index contributed by atoms with van der Waals surface area (Å²) in [5, 5.41) is 3.00. The zero-order valence-corrected chi connectivity index (χ0v) is 15.0. The molecule has 136 valence electrons. The molecule has 1 saturated heterocycles. The molecule has 0 spiro atoms. The van der Waals surface area contributed by atoms with Gasteiger partial charge in [0.1, 0.15) is 5.75 Å². The Bertz CT molecular complexity index is 605. The highest BCUT2D eigenvalue weighted by Gasteiger charge is 2.28. The van der Waals surface area contributed by atoms with E-state index in [2.05, 4.69) is 10.2 Å². The van der Waals surface area contributed by atoms with Gasteiger partial charge in [0.15, 0.2) is 6.10 Å². The van der Waals surface area contributed by atoms with Gasteiger partial charge in [-0.05, 0) is 38.8 Å². The topological polar surface area (TPSA) is 61.9 Å². The molecule has 2 aliphatic rings. The molecule has 0 radical (unpaired) electrons. The molecule has 2 amide bonds. The van der Waals surface area contributed by atoms with E-state index in [4.69, 9.17) is 4.74 Å². The van der Waals surface area contributed by atoms with Crippen molar-refractivity contribution in [3.05, 3.63) is 29.8 Å². The van der Waals surface area contributed by atoms with Crippen LogP contribution in [0.3, 0.4) is 0 Å². The number of ether oxygens (including phenoxy) is 1. The lowest BCUT2D eigenvalue weighted by molar-refractivity contribution is -0.139. The number of benzene rings is 1. The first kappa shape index (κ1) is 17.7. The van der Waals surface area contributed by atoms with Gasteiger partial charge in [-0.3, -0.25) is 14.5 Å². The number of nitrogens with zero attached hydrogens (tertiary/aromatic N) is 2. The van der Waals surface area contributed by atoms with Crippen molar-refractivity contribution >= 4 is 11.8 Å². The van der Waals surface area contributed by atoms with Gasteiger partial charge in [-0.2, -0.15) is 0 Å². The van der Waals surface area contributed by atoms with Gasteiger partial charge in [-0.15, -0.1) is 0 Å². The van der Waals surface area contributed by atoms with Crippen molar-refractivity contribution < 1.29 is 14.3 Å². The Hall–Kier alpha value is -2.08. The van der Waals surface area contributed by atoms with Crippen LogP contribution in [-0.4, -0.2) is 66.5 Å². The Balaban J connectivity index is 1.42. The molecule has 1 aromatic rings. The van der Waals surface area contributed by atoms with Crippen molar-refractivity contribution in [2.75, 3.05) is 32.7 Å². The highest BCUT2D eigenvalue weighted by atomic mass is 16.5. The van der Waals surface area contributed by atoms with Gasteiger partial charge in [-0.1, -0.05) is 17.7 Å². The molecule has 25 heavy (non-hydrogen) atoms. The smallest absolute Gasteiger partial charge is 0.263 e. The number of rotatable bonds is 6. The minimum atomic E-state index is -0.507. The first-order chi connectivity index (χ1) is 12.0. The second kappa shape index (κ2) is 7.87. The first-order valence-corrected chi connectivity index (χ1v) is 9.05. The molecule has 0 aromatic heterocycles. The Kier molecular flexibility index (Phi) is 5.58. The minimum absolute atomic E-state index is 0.00246. The van der Waals surface area contributed by atoms with Gasteiger partial charge in [-0.25, -0.2) is 0 Å². The Labute approximate surface area is 149 Å². The van der Waals surface area contributed by atoms with Crippen LogP contribution in [0.25, 0.3) is 0 Å². The molecule has 1 unspecified atom stereocenters. The zero-order valence-electron chi connectivity index (χ0n) is 15.0. The minimum Gasteiger partial charge on any atom is -0.481 e. The van der Waals surface area contributed by atoms with Crippen molar-refractivity contribution in [3.63, 3.8) is 0 Å². The maximum absolute atomic E-state index is 12.6. The lowest BCUT2D eigenvalue weighted by Gasteiger charge is -2.35. The Morgan fingerprint density at radius 2 is 1.80 bits per heavy atom. The van der Waals surface area contributed by atoms with E-state index in [1.54, 1.807) is 6.92 Å². The normalized spacial score (nSPS) is 19.4. The van der Waals surface area contributed by atoms with Crippen molar-refractivity contribution in [1.82, 2.24) is 15.1 Å². The summed E-state index contributed by atoms with van der Waals surface area (Å²) in [5.74, 6) is 0.808. The van der Waals surface area contributed by atoms with Gasteiger partial charge in [0.05, 0.1) is 6.54 Å². The largest absolute Gasteiger partial charge is 0.481 e. The third-order valence-corrected chi connectivity index (χ3v) is 4.68. The fourth-order valence-electron chi connectivity index (χ4n) is 2.96. The quantitative estimate of drug-likeness (QED) is 0.841. The number of piperazine rings is 1. The lowest BCUT2D eigenvalue weighted by atomic mass is 10.2. The number of carbonyl (C=O) groups excluding carboxylic acids is 2. The fourth-order valence-corrected chi connectivity index (χ4v) is 2.96. The molecule has 1 aromatic carbocycles. The van der Waals surface area contributed by atoms with E-state index in [1.807, 2.05) is 36.1 Å². The summed E-state index contributed by atoms with van der Waals surface area (Å²) >= 11 is 0. The summed E-state index contributed by atoms with van der Waals surface area (Å²) in [5.41, 5.74) is 1.16. The predicted molar refractivity (Wildman–Crippen MR) is 95.5 cm³/mol. The van der Waals surface area contributed by atoms with Gasteiger partial charge in [0, 0.05) is 32.2 Å². The number of amides is 2. The molecule has 1 aliphatic carbocycles. The van der Waals surface area contributed by atoms with Crippen molar-refractivity contribution in [3.8, 4) is 5.75 Å². The second-order valence-corrected chi connectivity index (χ2v) is 7.02. The van der Waals surface area contributed by atoms with Crippen LogP contribution in [-0.2, 0) is 9.59 Å². The summed E-state index contributed by atoms with van der Waals surface area (Å²) in [4.78, 5) is 28.3. The Morgan fingerprint density at radius 3 is 2.40 bits per heavy atom. The standard InChI is InChI=1S/C19H27N3O3/c1-14-3-7-17(8-4-14)25-15(2)19(24)22-11-9-21(10-12-22)13-18(23)20-16-5-6-16/h3-4,7-8,15-16H,5-6,9-13H2,1-2H3,(H,20,23). The van der Waals surface area contributed by atoms with E-state index in [1.165, 1.54) is 0 Å². The van der Waals surface area contributed by atoms with E-state index >= 15 is 0 Å². The van der Waals surface area contributed by atoms with Gasteiger partial charge in [0.25, 0.3) is 5.91 Å². The number of aryl methyl sites for hydroxylation is 1. The second-order valence-electron chi connectivity index (χ2n) is 7.02. The number of carbonyl (C=O) groups is 2. The van der Waals surface area contributed by atoms with E-state index in [9.17, 15) is 9.59 Å². The van der Waals surface area contributed by atoms with Gasteiger partial charge in [0.2, 0.25) is 5.91 Å². The number of hydrogen-bond donors (Lipinski definition) is 1. The van der Waals surface area contributed by atoms with Crippen molar-refractivity contribution in [2.24, 2.45) is 0 Å². The van der Waals surface area contributed by atoms with E-state index in [0.717, 1.165) is 31.5 Å². The molecule has 6 heteroatoms. The summed E-state index contributed by atoms with van der Waals surface area (Å²) in [7, 11) is 0. The molecular weight excluding hydrogens is 318 g/mol. The first-order valence-electron chi connectivity index (χ1n) is 9.05. The average Bonchev–Trinajstić information content (AvgIpc) is 3.40. The molecule has 1 aliphatic heterocycles. The SMILES string of the molecule is Cc1ccc(OC(C)C(=O)N2CCN(CC(=O)NC3CC3)CC2)cc1. The molecule has 1 atom stereocenters. The highest BCUT2D eigenvalue weighted by Crippen LogP contribution is 2.18. The average molecular weight is 345 g/mol. The molecule has 1 saturated carbocycles. The number of hydrogen-bond acceptors (Lipinski definition) is 4. The molecule has 1 heterocycles. The Morgan fingerprint density at radius 1 is 1.16 bits per heavy atom. The highest BCUT2D eigenvalue weighted by molar-refractivity contribution is 5.81. The summed E-state index contributed by atoms with van der Waals surface area (Å²) in [6, 6.07) is 8.11. The predicted octanol–water partition coefficient (Wildman–Crippen LogP) is 1.19. The fraction of sp³-hybridized carbons (Fsp3) is 0.579. The third-order valence-electron chi connectivity index (χ3n) is 4.68. The van der Waals surface area contributed by atoms with Gasteiger partial charge >= 0.3 is 0 Å². The summed E-state index contributed by atoms with van der Waals surface area (Å²) < 4.78 is 5.76. The van der Waals surface area contributed by atoms with Gasteiger partial charge < -0.3 is 15.0 Å². The maximum Gasteiger partial charge on any atom is 0.263 e. The van der Waals surface area contributed by atoms with Crippen LogP contribution in [0.2, 0.25) is 0 Å². The van der Waals surface area contributed by atoms with Crippen LogP contribution in [0.5, 0.6) is 5.75 Å². The van der Waals surface area contributed by atoms with Crippen LogP contribution in [0, 0.1) is 6.92 Å². The molecule has 6 nitrogen and oxygen atoms in total. The van der Waals surface area contributed by atoms with Crippen LogP contribution in [0.1, 0.15) is 25.3 Å².